The molecule has 1 fully saturated rings. The summed E-state index contributed by atoms with van der Waals surface area (Å²) in [5.41, 5.74) is 0.0589. The summed E-state index contributed by atoms with van der Waals surface area (Å²) in [6.07, 6.45) is -0.519. The molecule has 3 aliphatic heterocycles. The maximum Gasteiger partial charge on any atom is 0.286 e. The first-order chi connectivity index (χ1) is 16.8. The SMILES string of the molecule is C[C@]12O[C@H](C[C@@]1(O)CO)n1c3ccccc3c3c4c(c5c6ccccc6n2c5c31)C(=O)N(O)C4=O. The highest BCUT2D eigenvalue weighted by Gasteiger charge is 2.61. The average Bonchev–Trinajstić information content (AvgIpc) is 3.50. The van der Waals surface area contributed by atoms with E-state index < -0.39 is 36.0 Å². The molecule has 5 aromatic rings. The van der Waals surface area contributed by atoms with Crippen LogP contribution in [0.15, 0.2) is 48.5 Å². The first kappa shape index (κ1) is 19.5. The van der Waals surface area contributed by atoms with Crippen molar-refractivity contribution in [1.29, 1.82) is 0 Å². The molecule has 174 valence electrons. The highest BCUT2D eigenvalue weighted by molar-refractivity contribution is 6.39. The number of hydrogen-bond acceptors (Lipinski definition) is 6. The Morgan fingerprint density at radius 3 is 2.17 bits per heavy atom. The van der Waals surface area contributed by atoms with Gasteiger partial charge in [-0.1, -0.05) is 36.4 Å². The summed E-state index contributed by atoms with van der Waals surface area (Å²) in [6.45, 7) is 1.21. The normalized spacial score (nSPS) is 27.3. The number of ether oxygens (including phenoxy) is 1. The lowest BCUT2D eigenvalue weighted by atomic mass is 9.89. The van der Waals surface area contributed by atoms with Crippen molar-refractivity contribution in [1.82, 2.24) is 14.2 Å². The van der Waals surface area contributed by atoms with Gasteiger partial charge in [-0.2, -0.15) is 0 Å². The van der Waals surface area contributed by atoms with Crippen molar-refractivity contribution >= 4 is 55.4 Å². The van der Waals surface area contributed by atoms with Gasteiger partial charge >= 0.3 is 0 Å². The van der Waals surface area contributed by atoms with E-state index in [2.05, 4.69) is 0 Å². The minimum atomic E-state index is -1.62. The maximum atomic E-state index is 13.3. The summed E-state index contributed by atoms with van der Waals surface area (Å²) >= 11 is 0. The zero-order valence-electron chi connectivity index (χ0n) is 18.5. The van der Waals surface area contributed by atoms with Gasteiger partial charge in [0.05, 0.1) is 39.8 Å². The molecule has 5 heterocycles. The number of hydroxylamine groups is 2. The van der Waals surface area contributed by atoms with E-state index in [0.29, 0.717) is 32.7 Å². The number of nitrogens with zero attached hydrogens (tertiary/aromatic N) is 3. The third-order valence-corrected chi connectivity index (χ3v) is 8.29. The quantitative estimate of drug-likeness (QED) is 0.256. The van der Waals surface area contributed by atoms with Gasteiger partial charge in [0.1, 0.15) is 11.8 Å². The highest BCUT2D eigenvalue weighted by Crippen LogP contribution is 2.57. The molecule has 0 unspecified atom stereocenters. The molecule has 0 radical (unpaired) electrons. The van der Waals surface area contributed by atoms with E-state index in [9.17, 15) is 25.0 Å². The summed E-state index contributed by atoms with van der Waals surface area (Å²) in [4.78, 5) is 26.6. The van der Waals surface area contributed by atoms with Crippen LogP contribution in [0.5, 0.6) is 0 Å². The van der Waals surface area contributed by atoms with Gasteiger partial charge in [0.15, 0.2) is 5.72 Å². The number of carbonyl (C=O) groups is 2. The molecule has 3 atom stereocenters. The number of para-hydroxylation sites is 2. The lowest BCUT2D eigenvalue weighted by molar-refractivity contribution is -0.189. The second kappa shape index (κ2) is 5.72. The van der Waals surface area contributed by atoms with Crippen LogP contribution in [0.4, 0.5) is 0 Å². The van der Waals surface area contributed by atoms with Crippen LogP contribution in [0.1, 0.15) is 40.3 Å². The lowest BCUT2D eigenvalue weighted by Crippen LogP contribution is -2.53. The van der Waals surface area contributed by atoms with Crippen molar-refractivity contribution in [2.45, 2.75) is 30.9 Å². The molecule has 3 aromatic carbocycles. The summed E-state index contributed by atoms with van der Waals surface area (Å²) in [7, 11) is 0. The number of rotatable bonds is 1. The molecule has 0 aliphatic carbocycles. The zero-order valence-corrected chi connectivity index (χ0v) is 18.5. The number of aliphatic hydroxyl groups is 2. The maximum absolute atomic E-state index is 13.3. The molecule has 35 heavy (non-hydrogen) atoms. The van der Waals surface area contributed by atoms with Gasteiger partial charge in [-0.3, -0.25) is 14.8 Å². The van der Waals surface area contributed by atoms with E-state index in [4.69, 9.17) is 4.74 Å². The van der Waals surface area contributed by atoms with Crippen LogP contribution >= 0.6 is 0 Å². The van der Waals surface area contributed by atoms with Crippen LogP contribution in [-0.4, -0.2) is 53.6 Å². The van der Waals surface area contributed by atoms with Crippen molar-refractivity contribution in [3.05, 3.63) is 59.7 Å². The van der Waals surface area contributed by atoms with E-state index in [1.54, 1.807) is 6.92 Å². The van der Waals surface area contributed by atoms with Gasteiger partial charge in [-0.05, 0) is 19.1 Å². The summed E-state index contributed by atoms with van der Waals surface area (Å²) < 4.78 is 10.4. The second-order valence-electron chi connectivity index (χ2n) is 9.81. The molecule has 9 heteroatoms. The molecule has 3 aliphatic rings. The number of carbonyl (C=O) groups excluding carboxylic acids is 2. The number of amides is 2. The molecule has 0 spiro atoms. The Morgan fingerprint density at radius 1 is 0.943 bits per heavy atom. The largest absolute Gasteiger partial charge is 0.393 e. The van der Waals surface area contributed by atoms with Crippen LogP contribution in [0.3, 0.4) is 0 Å². The minimum absolute atomic E-state index is 0.122. The third-order valence-electron chi connectivity index (χ3n) is 8.29. The summed E-state index contributed by atoms with van der Waals surface area (Å²) in [5, 5.41) is 35.2. The topological polar surface area (TPSA) is 117 Å². The average molecular weight is 469 g/mol. The number of aromatic nitrogens is 2. The first-order valence-corrected chi connectivity index (χ1v) is 11.4. The van der Waals surface area contributed by atoms with E-state index in [0.717, 1.165) is 10.9 Å². The molecule has 0 saturated carbocycles. The Morgan fingerprint density at radius 2 is 1.51 bits per heavy atom. The van der Waals surface area contributed by atoms with Gasteiger partial charge < -0.3 is 24.1 Å². The predicted molar refractivity (Wildman–Crippen MR) is 125 cm³/mol. The predicted octanol–water partition coefficient (Wildman–Crippen LogP) is 3.22. The van der Waals surface area contributed by atoms with Gasteiger partial charge in [-0.25, -0.2) is 0 Å². The minimum Gasteiger partial charge on any atom is -0.393 e. The first-order valence-electron chi connectivity index (χ1n) is 11.4. The van der Waals surface area contributed by atoms with Crippen molar-refractivity contribution < 1.29 is 29.7 Å². The fraction of sp³-hybridized carbons (Fsp3) is 0.231. The van der Waals surface area contributed by atoms with E-state index in [1.165, 1.54) is 0 Å². The van der Waals surface area contributed by atoms with E-state index in [-0.39, 0.29) is 22.6 Å². The van der Waals surface area contributed by atoms with Crippen LogP contribution in [-0.2, 0) is 10.5 Å². The molecular formula is C26H19N3O6. The van der Waals surface area contributed by atoms with Crippen LogP contribution in [0.25, 0.3) is 43.6 Å². The molecule has 3 N–H and O–H groups in total. The zero-order chi connectivity index (χ0) is 24.0. The fourth-order valence-electron chi connectivity index (χ4n) is 6.70. The van der Waals surface area contributed by atoms with Gasteiger partial charge in [-0.15, -0.1) is 5.06 Å². The Kier molecular flexibility index (Phi) is 3.19. The van der Waals surface area contributed by atoms with Crippen LogP contribution in [0.2, 0.25) is 0 Å². The lowest BCUT2D eigenvalue weighted by Gasteiger charge is -2.38. The number of aliphatic hydroxyl groups excluding tert-OH is 1. The van der Waals surface area contributed by atoms with Gasteiger partial charge in [0.2, 0.25) is 0 Å². The Balaban J connectivity index is 1.78. The Labute approximate surface area is 196 Å². The number of imide groups is 1. The summed E-state index contributed by atoms with van der Waals surface area (Å²) in [5.74, 6) is -1.55. The van der Waals surface area contributed by atoms with Crippen molar-refractivity contribution in [2.75, 3.05) is 6.61 Å². The van der Waals surface area contributed by atoms with E-state index >= 15 is 0 Å². The standard InChI is InChI=1S/C26H19N3O6/c1-25-26(33,11-30)10-16(35-25)27-14-8-4-2-6-12(14)17-19-20(24(32)29(34)23(19)31)18-13-7-3-5-9-15(13)28(25)22(18)21(17)27/h2-9,16,30,33-34H,10-11H2,1H3/t16-,25+,26-/m1/s1. The molecule has 1 saturated heterocycles. The van der Waals surface area contributed by atoms with Crippen molar-refractivity contribution in [2.24, 2.45) is 0 Å². The molecule has 2 amide bonds. The van der Waals surface area contributed by atoms with Crippen molar-refractivity contribution in [3.63, 3.8) is 0 Å². The fourth-order valence-corrected chi connectivity index (χ4v) is 6.70. The second-order valence-corrected chi connectivity index (χ2v) is 9.81. The highest BCUT2D eigenvalue weighted by atomic mass is 16.6. The number of fused-ring (bicyclic) bond motifs is 13. The smallest absolute Gasteiger partial charge is 0.286 e. The van der Waals surface area contributed by atoms with E-state index in [1.807, 2.05) is 57.7 Å². The monoisotopic (exact) mass is 469 g/mol. The molecular weight excluding hydrogens is 450 g/mol. The number of benzene rings is 3. The molecule has 2 aromatic heterocycles. The number of hydrogen-bond donors (Lipinski definition) is 3. The molecule has 2 bridgehead atoms. The summed E-state index contributed by atoms with van der Waals surface area (Å²) in [6, 6.07) is 14.9. The Bertz CT molecular complexity index is 1850. The van der Waals surface area contributed by atoms with Gasteiger partial charge in [0.25, 0.3) is 11.8 Å². The van der Waals surface area contributed by atoms with Crippen LogP contribution < -0.4 is 0 Å². The Hall–Kier alpha value is -3.76. The van der Waals surface area contributed by atoms with Crippen LogP contribution in [0, 0.1) is 0 Å². The molecule has 9 nitrogen and oxygen atoms in total. The third kappa shape index (κ3) is 1.85. The van der Waals surface area contributed by atoms with Gasteiger partial charge in [0, 0.05) is 28.0 Å². The molecule has 8 rings (SSSR count). The van der Waals surface area contributed by atoms with Crippen molar-refractivity contribution in [3.8, 4) is 0 Å².